The summed E-state index contributed by atoms with van der Waals surface area (Å²) in [5.74, 6) is 0. The van der Waals surface area contributed by atoms with Crippen LogP contribution in [0.15, 0.2) is 0 Å². The molecule has 0 aliphatic heterocycles. The van der Waals surface area contributed by atoms with Gasteiger partial charge in [0.05, 0.1) is 18.8 Å². The van der Waals surface area contributed by atoms with Gasteiger partial charge in [-0.15, -0.1) is 0 Å². The Hall–Kier alpha value is -1.56. The SMILES string of the molecule is COCCn1nc(C)c(CNC(=O)N[C@H]2CCCCC2(C)C)c1C. The summed E-state index contributed by atoms with van der Waals surface area (Å²) in [6.07, 6.45) is 4.68. The van der Waals surface area contributed by atoms with Gasteiger partial charge in [-0.3, -0.25) is 4.68 Å². The summed E-state index contributed by atoms with van der Waals surface area (Å²) in [5, 5.41) is 10.7. The Morgan fingerprint density at radius 2 is 2.12 bits per heavy atom. The standard InChI is InChI=1S/C18H32N4O2/c1-13-15(14(2)22(21-13)10-11-24-5)12-19-17(23)20-16-8-6-7-9-18(16,3)4/h16H,6-12H2,1-5H3,(H2,19,20,23)/t16-/m0/s1. The number of rotatable bonds is 6. The summed E-state index contributed by atoms with van der Waals surface area (Å²) < 4.78 is 7.05. The molecule has 1 aromatic heterocycles. The van der Waals surface area contributed by atoms with Crippen LogP contribution < -0.4 is 10.6 Å². The Bertz CT molecular complexity index is 566. The molecular weight excluding hydrogens is 304 g/mol. The summed E-state index contributed by atoms with van der Waals surface area (Å²) in [4.78, 5) is 12.3. The minimum Gasteiger partial charge on any atom is -0.383 e. The number of ether oxygens (including phenoxy) is 1. The van der Waals surface area contributed by atoms with Crippen molar-refractivity contribution < 1.29 is 9.53 Å². The lowest BCUT2D eigenvalue weighted by Gasteiger charge is -2.38. The lowest BCUT2D eigenvalue weighted by molar-refractivity contribution is 0.166. The highest BCUT2D eigenvalue weighted by molar-refractivity contribution is 5.74. The highest BCUT2D eigenvalue weighted by atomic mass is 16.5. The van der Waals surface area contributed by atoms with Crippen molar-refractivity contribution in [3.8, 4) is 0 Å². The van der Waals surface area contributed by atoms with Crippen LogP contribution >= 0.6 is 0 Å². The molecule has 136 valence electrons. The van der Waals surface area contributed by atoms with E-state index in [0.29, 0.717) is 13.2 Å². The molecule has 1 fully saturated rings. The first-order valence-electron chi connectivity index (χ1n) is 8.91. The molecule has 24 heavy (non-hydrogen) atoms. The van der Waals surface area contributed by atoms with E-state index >= 15 is 0 Å². The highest BCUT2D eigenvalue weighted by Gasteiger charge is 2.33. The van der Waals surface area contributed by atoms with E-state index in [-0.39, 0.29) is 17.5 Å². The average Bonchev–Trinajstić information content (AvgIpc) is 2.79. The first-order chi connectivity index (χ1) is 11.3. The molecule has 0 aromatic carbocycles. The zero-order valence-electron chi connectivity index (χ0n) is 15.7. The molecule has 0 bridgehead atoms. The smallest absolute Gasteiger partial charge is 0.315 e. The zero-order valence-corrected chi connectivity index (χ0v) is 15.7. The first kappa shape index (κ1) is 18.8. The highest BCUT2D eigenvalue weighted by Crippen LogP contribution is 2.35. The number of urea groups is 1. The molecule has 2 rings (SSSR count). The van der Waals surface area contributed by atoms with Gasteiger partial charge in [0.15, 0.2) is 0 Å². The lowest BCUT2D eigenvalue weighted by atomic mass is 9.73. The number of nitrogens with zero attached hydrogens (tertiary/aromatic N) is 2. The third-order valence-corrected chi connectivity index (χ3v) is 5.28. The molecule has 0 spiro atoms. The van der Waals surface area contributed by atoms with Crippen LogP contribution in [0, 0.1) is 19.3 Å². The molecule has 1 aliphatic carbocycles. The number of hydrogen-bond acceptors (Lipinski definition) is 3. The Labute approximate surface area is 145 Å². The molecule has 0 unspecified atom stereocenters. The van der Waals surface area contributed by atoms with Crippen molar-refractivity contribution in [1.29, 1.82) is 0 Å². The molecule has 1 heterocycles. The van der Waals surface area contributed by atoms with Crippen molar-refractivity contribution in [2.45, 2.75) is 72.5 Å². The molecule has 1 aliphatic rings. The number of nitrogens with one attached hydrogen (secondary N) is 2. The first-order valence-corrected chi connectivity index (χ1v) is 8.91. The van der Waals surface area contributed by atoms with E-state index in [4.69, 9.17) is 4.74 Å². The second-order valence-corrected chi connectivity index (χ2v) is 7.48. The zero-order chi connectivity index (χ0) is 17.7. The summed E-state index contributed by atoms with van der Waals surface area (Å²) in [6, 6.07) is 0.163. The van der Waals surface area contributed by atoms with Crippen LogP contribution in [0.25, 0.3) is 0 Å². The van der Waals surface area contributed by atoms with E-state index in [2.05, 4.69) is 29.6 Å². The molecule has 6 heteroatoms. The van der Waals surface area contributed by atoms with Gasteiger partial charge in [0.1, 0.15) is 0 Å². The number of hydrogen-bond donors (Lipinski definition) is 2. The van der Waals surface area contributed by atoms with Crippen LogP contribution in [-0.4, -0.2) is 35.6 Å². The molecule has 0 saturated heterocycles. The second kappa shape index (κ2) is 8.01. The molecule has 2 amide bonds. The number of aryl methyl sites for hydroxylation is 1. The van der Waals surface area contributed by atoms with Gasteiger partial charge in [0, 0.05) is 31.0 Å². The fraction of sp³-hybridized carbons (Fsp3) is 0.778. The van der Waals surface area contributed by atoms with Crippen molar-refractivity contribution >= 4 is 6.03 Å². The van der Waals surface area contributed by atoms with E-state index in [1.165, 1.54) is 19.3 Å². The van der Waals surface area contributed by atoms with Gasteiger partial charge in [0.25, 0.3) is 0 Å². The maximum Gasteiger partial charge on any atom is 0.315 e. The van der Waals surface area contributed by atoms with Crippen LogP contribution in [0.3, 0.4) is 0 Å². The topological polar surface area (TPSA) is 68.2 Å². The molecule has 0 radical (unpaired) electrons. The molecule has 1 atom stereocenters. The Kier molecular flexibility index (Phi) is 6.27. The third kappa shape index (κ3) is 4.50. The fourth-order valence-electron chi connectivity index (χ4n) is 3.52. The maximum atomic E-state index is 12.3. The van der Waals surface area contributed by atoms with E-state index < -0.39 is 0 Å². The van der Waals surface area contributed by atoms with Crippen molar-refractivity contribution in [2.24, 2.45) is 5.41 Å². The van der Waals surface area contributed by atoms with Crippen LogP contribution in [-0.2, 0) is 17.8 Å². The third-order valence-electron chi connectivity index (χ3n) is 5.28. The number of amides is 2. The summed E-state index contributed by atoms with van der Waals surface area (Å²) in [6.45, 7) is 10.4. The van der Waals surface area contributed by atoms with Crippen molar-refractivity contribution in [1.82, 2.24) is 20.4 Å². The maximum absolute atomic E-state index is 12.3. The lowest BCUT2D eigenvalue weighted by Crippen LogP contribution is -2.50. The average molecular weight is 336 g/mol. The van der Waals surface area contributed by atoms with E-state index in [1.54, 1.807) is 7.11 Å². The van der Waals surface area contributed by atoms with Crippen molar-refractivity contribution in [3.05, 3.63) is 17.0 Å². The predicted molar refractivity (Wildman–Crippen MR) is 95.0 cm³/mol. The van der Waals surface area contributed by atoms with Gasteiger partial charge in [-0.05, 0) is 32.1 Å². The van der Waals surface area contributed by atoms with Gasteiger partial charge < -0.3 is 15.4 Å². The molecule has 1 saturated carbocycles. The number of aromatic nitrogens is 2. The largest absolute Gasteiger partial charge is 0.383 e. The quantitative estimate of drug-likeness (QED) is 0.839. The van der Waals surface area contributed by atoms with Crippen LogP contribution in [0.5, 0.6) is 0 Å². The Balaban J connectivity index is 1.91. The monoisotopic (exact) mass is 336 g/mol. The van der Waals surface area contributed by atoms with Crippen molar-refractivity contribution in [3.63, 3.8) is 0 Å². The molecular formula is C18H32N4O2. The Morgan fingerprint density at radius 3 is 2.79 bits per heavy atom. The van der Waals surface area contributed by atoms with Crippen molar-refractivity contribution in [2.75, 3.05) is 13.7 Å². The van der Waals surface area contributed by atoms with Crippen LogP contribution in [0.2, 0.25) is 0 Å². The van der Waals surface area contributed by atoms with Gasteiger partial charge in [0.2, 0.25) is 0 Å². The van der Waals surface area contributed by atoms with E-state index in [1.807, 2.05) is 18.5 Å². The summed E-state index contributed by atoms with van der Waals surface area (Å²) >= 11 is 0. The Morgan fingerprint density at radius 1 is 1.38 bits per heavy atom. The fourth-order valence-corrected chi connectivity index (χ4v) is 3.52. The molecule has 1 aromatic rings. The van der Waals surface area contributed by atoms with E-state index in [0.717, 1.165) is 29.9 Å². The predicted octanol–water partition coefficient (Wildman–Crippen LogP) is 2.91. The second-order valence-electron chi connectivity index (χ2n) is 7.48. The molecule has 2 N–H and O–H groups in total. The summed E-state index contributed by atoms with van der Waals surface area (Å²) in [5.41, 5.74) is 3.31. The number of carbonyl (C=O) groups excluding carboxylic acids is 1. The minimum atomic E-state index is -0.0848. The number of methoxy groups -OCH3 is 1. The molecule has 6 nitrogen and oxygen atoms in total. The summed E-state index contributed by atoms with van der Waals surface area (Å²) in [7, 11) is 1.69. The minimum absolute atomic E-state index is 0.0848. The van der Waals surface area contributed by atoms with Crippen LogP contribution in [0.1, 0.15) is 56.5 Å². The van der Waals surface area contributed by atoms with Crippen LogP contribution in [0.4, 0.5) is 4.79 Å². The van der Waals surface area contributed by atoms with Gasteiger partial charge in [-0.1, -0.05) is 26.7 Å². The van der Waals surface area contributed by atoms with Gasteiger partial charge in [-0.2, -0.15) is 5.10 Å². The van der Waals surface area contributed by atoms with E-state index in [9.17, 15) is 4.79 Å². The normalized spacial score (nSPS) is 20.0. The van der Waals surface area contributed by atoms with Gasteiger partial charge in [-0.25, -0.2) is 4.79 Å². The van der Waals surface area contributed by atoms with Gasteiger partial charge >= 0.3 is 6.03 Å². The number of carbonyl (C=O) groups is 1.